The van der Waals surface area contributed by atoms with E-state index in [0.717, 1.165) is 32.4 Å². The Morgan fingerprint density at radius 1 is 1.46 bits per heavy atom. The van der Waals surface area contributed by atoms with E-state index in [1.165, 1.54) is 35.9 Å². The number of aryl methyl sites for hydroxylation is 1. The molecule has 0 unspecified atom stereocenters. The lowest BCUT2D eigenvalue weighted by Crippen LogP contribution is -2.42. The number of ether oxygens (including phenoxy) is 1. The van der Waals surface area contributed by atoms with Crippen LogP contribution in [0, 0.1) is 5.95 Å². The maximum atomic E-state index is 14.1. The molecular formula is C19H26FN5O2S. The van der Waals surface area contributed by atoms with Crippen LogP contribution in [0.15, 0.2) is 6.20 Å². The second-order valence-electron chi connectivity index (χ2n) is 7.63. The number of halogens is 1. The minimum atomic E-state index is -0.491. The zero-order chi connectivity index (χ0) is 19.7. The summed E-state index contributed by atoms with van der Waals surface area (Å²) in [5, 5.41) is 7.30. The number of carbonyl (C=O) groups excluding carboxylic acids is 1. The lowest BCUT2D eigenvalue weighted by Gasteiger charge is -2.37. The maximum absolute atomic E-state index is 14.1. The third-order valence-electron chi connectivity index (χ3n) is 5.54. The predicted molar refractivity (Wildman–Crippen MR) is 105 cm³/mol. The van der Waals surface area contributed by atoms with Crippen LogP contribution in [0.25, 0.3) is 0 Å². The van der Waals surface area contributed by atoms with Crippen molar-refractivity contribution in [2.75, 3.05) is 11.9 Å². The smallest absolute Gasteiger partial charge is 0.230 e. The molecule has 4 heterocycles. The number of thiazole rings is 1. The number of aromatic nitrogens is 3. The van der Waals surface area contributed by atoms with E-state index in [1.54, 1.807) is 0 Å². The number of likely N-dealkylation sites (tertiary alicyclic amines) is 1. The van der Waals surface area contributed by atoms with Crippen LogP contribution >= 0.6 is 11.3 Å². The van der Waals surface area contributed by atoms with Gasteiger partial charge in [0.15, 0.2) is 5.13 Å². The van der Waals surface area contributed by atoms with Gasteiger partial charge in [-0.1, -0.05) is 11.3 Å². The molecule has 0 spiro atoms. The van der Waals surface area contributed by atoms with Crippen LogP contribution in [0.5, 0.6) is 0 Å². The molecule has 152 valence electrons. The molecule has 9 heteroatoms. The van der Waals surface area contributed by atoms with E-state index in [0.29, 0.717) is 29.2 Å². The minimum Gasteiger partial charge on any atom is -0.373 e. The van der Waals surface area contributed by atoms with Crippen LogP contribution in [0.1, 0.15) is 49.2 Å². The fraction of sp³-hybridized carbons (Fsp3) is 0.632. The van der Waals surface area contributed by atoms with Gasteiger partial charge in [-0.15, -0.1) is 0 Å². The summed E-state index contributed by atoms with van der Waals surface area (Å²) in [5.74, 6) is -0.731. The van der Waals surface area contributed by atoms with Crippen molar-refractivity contribution in [2.45, 2.75) is 71.4 Å². The second kappa shape index (κ2) is 8.26. The average Bonchev–Trinajstić information content (AvgIpc) is 3.32. The molecule has 4 rings (SSSR count). The van der Waals surface area contributed by atoms with Gasteiger partial charge in [-0.2, -0.15) is 14.5 Å². The number of amides is 1. The van der Waals surface area contributed by atoms with Crippen molar-refractivity contribution in [1.82, 2.24) is 19.7 Å². The lowest BCUT2D eigenvalue weighted by molar-refractivity contribution is -0.114. The highest BCUT2D eigenvalue weighted by atomic mass is 32.1. The maximum Gasteiger partial charge on any atom is 0.230 e. The van der Waals surface area contributed by atoms with E-state index in [-0.39, 0.29) is 12.0 Å². The summed E-state index contributed by atoms with van der Waals surface area (Å²) in [5.41, 5.74) is 2.53. The van der Waals surface area contributed by atoms with Crippen molar-refractivity contribution in [1.29, 1.82) is 0 Å². The minimum absolute atomic E-state index is 0.212. The Kier molecular flexibility index (Phi) is 5.75. The second-order valence-corrected chi connectivity index (χ2v) is 8.72. The number of rotatable bonds is 6. The highest BCUT2D eigenvalue weighted by Gasteiger charge is 2.28. The van der Waals surface area contributed by atoms with Gasteiger partial charge in [0, 0.05) is 43.9 Å². The standard InChI is InChI=1S/C19H26FN5O2S/c1-12-8-15(27-11-14-9-21-25-6-3-4-16(14)25)5-7-24(12)10-17-18(20)23-19(28-17)22-13(2)26/h9,12,15H,3-8,10-11H2,1-2H3,(H,22,23,26)/t12-,15-/m0/s1. The molecule has 0 bridgehead atoms. The van der Waals surface area contributed by atoms with E-state index >= 15 is 0 Å². The zero-order valence-corrected chi connectivity index (χ0v) is 17.1. The first-order chi connectivity index (χ1) is 13.5. The van der Waals surface area contributed by atoms with E-state index in [4.69, 9.17) is 4.74 Å². The number of hydrogen-bond acceptors (Lipinski definition) is 6. The number of nitrogens with one attached hydrogen (secondary N) is 1. The highest BCUT2D eigenvalue weighted by Crippen LogP contribution is 2.28. The van der Waals surface area contributed by atoms with Gasteiger partial charge in [-0.25, -0.2) is 0 Å². The van der Waals surface area contributed by atoms with Gasteiger partial charge in [0.2, 0.25) is 11.9 Å². The van der Waals surface area contributed by atoms with Crippen LogP contribution in [0.2, 0.25) is 0 Å². The van der Waals surface area contributed by atoms with Crippen molar-refractivity contribution in [3.8, 4) is 0 Å². The summed E-state index contributed by atoms with van der Waals surface area (Å²) in [6.07, 6.45) is 6.25. The highest BCUT2D eigenvalue weighted by molar-refractivity contribution is 7.15. The summed E-state index contributed by atoms with van der Waals surface area (Å²) >= 11 is 1.20. The van der Waals surface area contributed by atoms with E-state index in [1.807, 2.05) is 6.20 Å². The summed E-state index contributed by atoms with van der Waals surface area (Å²) in [7, 11) is 0. The number of hydrogen-bond donors (Lipinski definition) is 1. The molecular weight excluding hydrogens is 381 g/mol. The Balaban J connectivity index is 1.29. The summed E-state index contributed by atoms with van der Waals surface area (Å²) in [6, 6.07) is 0.294. The zero-order valence-electron chi connectivity index (χ0n) is 16.3. The van der Waals surface area contributed by atoms with Gasteiger partial charge >= 0.3 is 0 Å². The van der Waals surface area contributed by atoms with E-state index in [9.17, 15) is 9.18 Å². The van der Waals surface area contributed by atoms with E-state index in [2.05, 4.69) is 31.9 Å². The predicted octanol–water partition coefficient (Wildman–Crippen LogP) is 2.95. The Hall–Kier alpha value is -1.84. The molecule has 7 nitrogen and oxygen atoms in total. The quantitative estimate of drug-likeness (QED) is 0.797. The molecule has 0 aliphatic carbocycles. The number of anilines is 1. The number of fused-ring (bicyclic) bond motifs is 1. The van der Waals surface area contributed by atoms with Crippen molar-refractivity contribution in [2.24, 2.45) is 0 Å². The fourth-order valence-corrected chi connectivity index (χ4v) is 4.95. The van der Waals surface area contributed by atoms with Crippen LogP contribution in [-0.2, 0) is 35.6 Å². The van der Waals surface area contributed by atoms with Crippen molar-refractivity contribution < 1.29 is 13.9 Å². The van der Waals surface area contributed by atoms with Crippen LogP contribution in [0.3, 0.4) is 0 Å². The monoisotopic (exact) mass is 407 g/mol. The van der Waals surface area contributed by atoms with Crippen LogP contribution in [0.4, 0.5) is 9.52 Å². The van der Waals surface area contributed by atoms with Crippen LogP contribution < -0.4 is 5.32 Å². The van der Waals surface area contributed by atoms with Gasteiger partial charge in [0.1, 0.15) is 0 Å². The summed E-state index contributed by atoms with van der Waals surface area (Å²) < 4.78 is 22.4. The van der Waals surface area contributed by atoms with Crippen LogP contribution in [-0.4, -0.2) is 44.3 Å². The molecule has 2 aromatic rings. The molecule has 1 N–H and O–H groups in total. The number of carbonyl (C=O) groups is 1. The first kappa shape index (κ1) is 19.5. The van der Waals surface area contributed by atoms with Crippen molar-refractivity contribution >= 4 is 22.4 Å². The Bertz CT molecular complexity index is 851. The Morgan fingerprint density at radius 2 is 2.32 bits per heavy atom. The molecule has 1 fully saturated rings. The number of piperidine rings is 1. The summed E-state index contributed by atoms with van der Waals surface area (Å²) in [4.78, 5) is 17.7. The van der Waals surface area contributed by atoms with Gasteiger partial charge in [0.25, 0.3) is 0 Å². The van der Waals surface area contributed by atoms with Crippen molar-refractivity contribution in [3.05, 3.63) is 28.3 Å². The Morgan fingerprint density at radius 3 is 3.11 bits per heavy atom. The van der Waals surface area contributed by atoms with Gasteiger partial charge in [-0.3, -0.25) is 14.4 Å². The van der Waals surface area contributed by atoms with Crippen molar-refractivity contribution in [3.63, 3.8) is 0 Å². The molecule has 2 aliphatic heterocycles. The average molecular weight is 408 g/mol. The van der Waals surface area contributed by atoms with Gasteiger partial charge in [0.05, 0.1) is 23.8 Å². The molecule has 0 aromatic carbocycles. The first-order valence-electron chi connectivity index (χ1n) is 9.81. The van der Waals surface area contributed by atoms with E-state index < -0.39 is 5.95 Å². The third kappa shape index (κ3) is 4.26. The molecule has 1 amide bonds. The Labute approximate surface area is 167 Å². The topological polar surface area (TPSA) is 72.3 Å². The lowest BCUT2D eigenvalue weighted by atomic mass is 10.0. The SMILES string of the molecule is CC(=O)Nc1nc(F)c(CN2CC[C@H](OCc3cnn4c3CCC4)C[C@@H]2C)s1. The van der Waals surface area contributed by atoms with Gasteiger partial charge in [-0.05, 0) is 32.6 Å². The normalized spacial score (nSPS) is 22.4. The molecule has 1 saturated heterocycles. The number of nitrogens with zero attached hydrogens (tertiary/aromatic N) is 4. The largest absolute Gasteiger partial charge is 0.373 e. The molecule has 0 radical (unpaired) electrons. The molecule has 28 heavy (non-hydrogen) atoms. The van der Waals surface area contributed by atoms with Gasteiger partial charge < -0.3 is 10.1 Å². The summed E-state index contributed by atoms with van der Waals surface area (Å²) in [6.45, 7) is 6.54. The molecule has 0 saturated carbocycles. The molecule has 2 aromatic heterocycles. The molecule has 2 aliphatic rings. The third-order valence-corrected chi connectivity index (χ3v) is 6.47. The molecule has 2 atom stereocenters. The first-order valence-corrected chi connectivity index (χ1v) is 10.6. The fourth-order valence-electron chi connectivity index (χ4n) is 4.04.